The summed E-state index contributed by atoms with van der Waals surface area (Å²) in [5.41, 5.74) is 0. The van der Waals surface area contributed by atoms with Crippen molar-refractivity contribution in [1.82, 2.24) is 5.01 Å². The number of hydrogen-bond acceptors (Lipinski definition) is 2. The van der Waals surface area contributed by atoms with E-state index < -0.39 is 6.17 Å². The highest BCUT2D eigenvalue weighted by molar-refractivity contribution is 5.85. The van der Waals surface area contributed by atoms with Gasteiger partial charge in [-0.25, -0.2) is 9.40 Å². The summed E-state index contributed by atoms with van der Waals surface area (Å²) in [5, 5.41) is 1.66. The van der Waals surface area contributed by atoms with Crippen molar-refractivity contribution >= 4 is 12.4 Å². The Balaban J connectivity index is 0.000000640. The van der Waals surface area contributed by atoms with Gasteiger partial charge in [-0.05, 0) is 12.8 Å². The summed E-state index contributed by atoms with van der Waals surface area (Å²) in [4.78, 5) is 0. The number of nitrogens with zero attached hydrogens (tertiary/aromatic N) is 1. The number of hydrogen-bond donors (Lipinski definition) is 1. The molecule has 4 heteroatoms. The SMILES string of the molecule is Cl.NN1CCC(F)CC1. The molecule has 0 bridgehead atoms. The Hall–Kier alpha value is 0.140. The minimum atomic E-state index is -0.602. The summed E-state index contributed by atoms with van der Waals surface area (Å²) in [5.74, 6) is 5.36. The van der Waals surface area contributed by atoms with Gasteiger partial charge >= 0.3 is 0 Å². The summed E-state index contributed by atoms with van der Waals surface area (Å²) in [7, 11) is 0. The van der Waals surface area contributed by atoms with E-state index in [1.165, 1.54) is 0 Å². The standard InChI is InChI=1S/C5H11FN2.ClH/c6-5-1-3-8(7)4-2-5;/h5H,1-4,7H2;1H. The summed E-state index contributed by atoms with van der Waals surface area (Å²) < 4.78 is 12.3. The fourth-order valence-electron chi connectivity index (χ4n) is 0.868. The molecule has 0 aromatic heterocycles. The van der Waals surface area contributed by atoms with Gasteiger partial charge in [-0.2, -0.15) is 0 Å². The average molecular weight is 155 g/mol. The molecule has 1 saturated heterocycles. The molecule has 2 nitrogen and oxygen atoms in total. The second-order valence-electron chi connectivity index (χ2n) is 2.21. The lowest BCUT2D eigenvalue weighted by molar-refractivity contribution is 0.152. The first-order chi connectivity index (χ1) is 3.79. The van der Waals surface area contributed by atoms with Gasteiger partial charge in [0.15, 0.2) is 0 Å². The summed E-state index contributed by atoms with van der Waals surface area (Å²) >= 11 is 0. The lowest BCUT2D eigenvalue weighted by atomic mass is 10.1. The predicted molar refractivity (Wildman–Crippen MR) is 37.1 cm³/mol. The normalized spacial score (nSPS) is 23.3. The third-order valence-corrected chi connectivity index (χ3v) is 1.46. The van der Waals surface area contributed by atoms with Crippen molar-refractivity contribution in [1.29, 1.82) is 0 Å². The van der Waals surface area contributed by atoms with E-state index in [-0.39, 0.29) is 12.4 Å². The van der Waals surface area contributed by atoms with E-state index in [9.17, 15) is 4.39 Å². The van der Waals surface area contributed by atoms with E-state index >= 15 is 0 Å². The van der Waals surface area contributed by atoms with Crippen molar-refractivity contribution in [2.24, 2.45) is 5.84 Å². The topological polar surface area (TPSA) is 29.3 Å². The van der Waals surface area contributed by atoms with E-state index in [1.807, 2.05) is 0 Å². The first kappa shape index (κ1) is 9.14. The van der Waals surface area contributed by atoms with Crippen molar-refractivity contribution in [3.8, 4) is 0 Å². The zero-order valence-electron chi connectivity index (χ0n) is 5.22. The smallest absolute Gasteiger partial charge is 0.103 e. The van der Waals surface area contributed by atoms with E-state index in [2.05, 4.69) is 0 Å². The minimum Gasteiger partial charge on any atom is -0.269 e. The molecule has 0 radical (unpaired) electrons. The highest BCUT2D eigenvalue weighted by atomic mass is 35.5. The lowest BCUT2D eigenvalue weighted by Gasteiger charge is -2.23. The molecule has 1 fully saturated rings. The molecule has 9 heavy (non-hydrogen) atoms. The van der Waals surface area contributed by atoms with Crippen LogP contribution in [-0.2, 0) is 0 Å². The lowest BCUT2D eigenvalue weighted by Crippen LogP contribution is -2.39. The first-order valence-corrected chi connectivity index (χ1v) is 2.93. The molecule has 0 unspecified atom stereocenters. The van der Waals surface area contributed by atoms with Crippen LogP contribution in [0.25, 0.3) is 0 Å². The minimum absolute atomic E-state index is 0. The van der Waals surface area contributed by atoms with Gasteiger partial charge in [-0.15, -0.1) is 12.4 Å². The van der Waals surface area contributed by atoms with Crippen molar-refractivity contribution in [2.75, 3.05) is 13.1 Å². The largest absolute Gasteiger partial charge is 0.269 e. The third-order valence-electron chi connectivity index (χ3n) is 1.46. The zero-order valence-corrected chi connectivity index (χ0v) is 6.03. The third kappa shape index (κ3) is 2.98. The monoisotopic (exact) mass is 154 g/mol. The molecule has 1 aliphatic rings. The molecule has 0 amide bonds. The Morgan fingerprint density at radius 1 is 1.33 bits per heavy atom. The Kier molecular flexibility index (Phi) is 4.10. The Labute approximate surface area is 60.6 Å². The first-order valence-electron chi connectivity index (χ1n) is 2.93. The molecular weight excluding hydrogens is 143 g/mol. The van der Waals surface area contributed by atoms with E-state index in [0.717, 1.165) is 0 Å². The fourth-order valence-corrected chi connectivity index (χ4v) is 0.868. The van der Waals surface area contributed by atoms with E-state index in [0.29, 0.717) is 25.9 Å². The average Bonchev–Trinajstić information content (AvgIpc) is 1.77. The van der Waals surface area contributed by atoms with E-state index in [4.69, 9.17) is 5.84 Å². The highest BCUT2D eigenvalue weighted by Gasteiger charge is 2.14. The van der Waals surface area contributed by atoms with Crippen molar-refractivity contribution < 1.29 is 4.39 Å². The molecule has 1 rings (SSSR count). The Morgan fingerprint density at radius 2 is 1.78 bits per heavy atom. The van der Waals surface area contributed by atoms with Gasteiger partial charge in [0.25, 0.3) is 0 Å². The van der Waals surface area contributed by atoms with Gasteiger partial charge < -0.3 is 0 Å². The maximum absolute atomic E-state index is 12.3. The molecule has 0 saturated carbocycles. The number of piperidine rings is 1. The number of rotatable bonds is 0. The summed E-state index contributed by atoms with van der Waals surface area (Å²) in [6.45, 7) is 1.42. The second kappa shape index (κ2) is 4.04. The number of nitrogens with two attached hydrogens (primary N) is 1. The van der Waals surface area contributed by atoms with Crippen molar-refractivity contribution in [3.63, 3.8) is 0 Å². The van der Waals surface area contributed by atoms with Gasteiger partial charge in [0, 0.05) is 13.1 Å². The van der Waals surface area contributed by atoms with Crippen LogP contribution in [0.2, 0.25) is 0 Å². The molecular formula is C5H12ClFN2. The molecule has 2 N–H and O–H groups in total. The highest BCUT2D eigenvalue weighted by Crippen LogP contribution is 2.09. The molecule has 56 valence electrons. The second-order valence-corrected chi connectivity index (χ2v) is 2.21. The van der Waals surface area contributed by atoms with Gasteiger partial charge in [-0.3, -0.25) is 5.84 Å². The molecule has 0 aliphatic carbocycles. The molecule has 0 atom stereocenters. The summed E-state index contributed by atoms with van der Waals surface area (Å²) in [6.07, 6.45) is 0.613. The molecule has 0 spiro atoms. The van der Waals surface area contributed by atoms with Crippen LogP contribution in [0.4, 0.5) is 4.39 Å². The van der Waals surface area contributed by atoms with E-state index in [1.54, 1.807) is 5.01 Å². The fraction of sp³-hybridized carbons (Fsp3) is 1.00. The van der Waals surface area contributed by atoms with Crippen LogP contribution in [0.5, 0.6) is 0 Å². The molecule has 0 aromatic rings. The number of hydrazine groups is 1. The number of alkyl halides is 1. The molecule has 1 aliphatic heterocycles. The van der Waals surface area contributed by atoms with Crippen LogP contribution in [0.15, 0.2) is 0 Å². The van der Waals surface area contributed by atoms with Crippen LogP contribution in [0, 0.1) is 0 Å². The van der Waals surface area contributed by atoms with Crippen LogP contribution < -0.4 is 5.84 Å². The molecule has 0 aromatic carbocycles. The van der Waals surface area contributed by atoms with Crippen LogP contribution in [-0.4, -0.2) is 24.3 Å². The number of halogens is 2. The maximum atomic E-state index is 12.3. The quantitative estimate of drug-likeness (QED) is 0.521. The predicted octanol–water partition coefficient (Wildman–Crippen LogP) is 0.716. The maximum Gasteiger partial charge on any atom is 0.103 e. The Morgan fingerprint density at radius 3 is 2.11 bits per heavy atom. The van der Waals surface area contributed by atoms with Gasteiger partial charge in [0.05, 0.1) is 0 Å². The van der Waals surface area contributed by atoms with Crippen molar-refractivity contribution in [3.05, 3.63) is 0 Å². The van der Waals surface area contributed by atoms with Gasteiger partial charge in [-0.1, -0.05) is 0 Å². The van der Waals surface area contributed by atoms with Crippen LogP contribution in [0.3, 0.4) is 0 Å². The van der Waals surface area contributed by atoms with Gasteiger partial charge in [0.2, 0.25) is 0 Å². The zero-order chi connectivity index (χ0) is 5.98. The van der Waals surface area contributed by atoms with Crippen LogP contribution >= 0.6 is 12.4 Å². The van der Waals surface area contributed by atoms with Crippen molar-refractivity contribution in [2.45, 2.75) is 19.0 Å². The summed E-state index contributed by atoms with van der Waals surface area (Å²) in [6, 6.07) is 0. The Bertz CT molecular complexity index is 63.4. The molecule has 1 heterocycles. The van der Waals surface area contributed by atoms with Gasteiger partial charge in [0.1, 0.15) is 6.17 Å². The van der Waals surface area contributed by atoms with Crippen LogP contribution in [0.1, 0.15) is 12.8 Å².